The minimum atomic E-state index is -0.409. The van der Waals surface area contributed by atoms with Crippen molar-refractivity contribution in [1.29, 1.82) is 0 Å². The van der Waals surface area contributed by atoms with Gasteiger partial charge in [-0.05, 0) is 26.7 Å². The van der Waals surface area contributed by atoms with Crippen LogP contribution in [0.4, 0.5) is 0 Å². The monoisotopic (exact) mass is 226 g/mol. The van der Waals surface area contributed by atoms with Crippen molar-refractivity contribution in [2.45, 2.75) is 26.7 Å². The van der Waals surface area contributed by atoms with Crippen LogP contribution < -0.4 is 11.1 Å². The van der Waals surface area contributed by atoms with E-state index in [1.807, 2.05) is 19.9 Å². The molecule has 92 valence electrons. The van der Waals surface area contributed by atoms with Crippen LogP contribution in [0.15, 0.2) is 11.6 Å². The van der Waals surface area contributed by atoms with E-state index in [0.29, 0.717) is 26.3 Å². The van der Waals surface area contributed by atoms with Crippen LogP contribution in [0.5, 0.6) is 0 Å². The lowest BCUT2D eigenvalue weighted by Gasteiger charge is -2.34. The fraction of sp³-hybridized carbons (Fsp3) is 0.750. The van der Waals surface area contributed by atoms with Crippen molar-refractivity contribution in [2.24, 2.45) is 11.1 Å². The molecule has 1 saturated heterocycles. The quantitative estimate of drug-likeness (QED) is 0.698. The Morgan fingerprint density at radius 1 is 1.44 bits per heavy atom. The third-order valence-corrected chi connectivity index (χ3v) is 3.10. The standard InChI is InChI=1S/C12H22N2O2/c1-10(2)3-6-14-11(15)12(9-13)4-7-16-8-5-12/h3H,4-9,13H2,1-2H3,(H,14,15). The number of hydrogen-bond donors (Lipinski definition) is 2. The summed E-state index contributed by atoms with van der Waals surface area (Å²) in [5.74, 6) is 0.0656. The van der Waals surface area contributed by atoms with Gasteiger partial charge in [-0.1, -0.05) is 11.6 Å². The fourth-order valence-electron chi connectivity index (χ4n) is 1.82. The van der Waals surface area contributed by atoms with Gasteiger partial charge >= 0.3 is 0 Å². The third kappa shape index (κ3) is 3.32. The second-order valence-corrected chi connectivity index (χ2v) is 4.59. The minimum Gasteiger partial charge on any atom is -0.381 e. The van der Waals surface area contributed by atoms with Crippen molar-refractivity contribution in [2.75, 3.05) is 26.3 Å². The molecule has 16 heavy (non-hydrogen) atoms. The Balaban J connectivity index is 2.52. The number of amides is 1. The van der Waals surface area contributed by atoms with E-state index in [4.69, 9.17) is 10.5 Å². The molecule has 1 aliphatic heterocycles. The largest absolute Gasteiger partial charge is 0.381 e. The first-order valence-corrected chi connectivity index (χ1v) is 5.80. The highest BCUT2D eigenvalue weighted by Gasteiger charge is 2.38. The normalized spacial score (nSPS) is 18.9. The van der Waals surface area contributed by atoms with Gasteiger partial charge in [-0.25, -0.2) is 0 Å². The van der Waals surface area contributed by atoms with Gasteiger partial charge in [-0.2, -0.15) is 0 Å². The van der Waals surface area contributed by atoms with Gasteiger partial charge in [0, 0.05) is 26.3 Å². The van der Waals surface area contributed by atoms with Gasteiger partial charge in [0.2, 0.25) is 5.91 Å². The van der Waals surface area contributed by atoms with E-state index >= 15 is 0 Å². The molecule has 1 amide bonds. The Morgan fingerprint density at radius 3 is 2.56 bits per heavy atom. The summed E-state index contributed by atoms with van der Waals surface area (Å²) in [5, 5.41) is 2.92. The van der Waals surface area contributed by atoms with Gasteiger partial charge in [0.15, 0.2) is 0 Å². The van der Waals surface area contributed by atoms with E-state index in [9.17, 15) is 4.79 Å². The van der Waals surface area contributed by atoms with E-state index in [2.05, 4.69) is 5.32 Å². The predicted molar refractivity (Wildman–Crippen MR) is 64.0 cm³/mol. The Kier molecular flexibility index (Phi) is 4.96. The molecule has 0 bridgehead atoms. The number of carbonyl (C=O) groups excluding carboxylic acids is 1. The van der Waals surface area contributed by atoms with Crippen LogP contribution in [0.1, 0.15) is 26.7 Å². The highest BCUT2D eigenvalue weighted by Crippen LogP contribution is 2.29. The van der Waals surface area contributed by atoms with Gasteiger partial charge in [0.25, 0.3) is 0 Å². The second kappa shape index (κ2) is 6.01. The maximum absolute atomic E-state index is 12.1. The molecule has 0 atom stereocenters. The first-order chi connectivity index (χ1) is 7.60. The van der Waals surface area contributed by atoms with Gasteiger partial charge in [-0.3, -0.25) is 4.79 Å². The van der Waals surface area contributed by atoms with Crippen molar-refractivity contribution in [1.82, 2.24) is 5.32 Å². The number of rotatable bonds is 4. The number of nitrogens with one attached hydrogen (secondary N) is 1. The summed E-state index contributed by atoms with van der Waals surface area (Å²) in [6.45, 7) is 6.28. The van der Waals surface area contributed by atoms with Crippen LogP contribution in [-0.4, -0.2) is 32.2 Å². The summed E-state index contributed by atoms with van der Waals surface area (Å²) < 4.78 is 5.27. The van der Waals surface area contributed by atoms with Crippen molar-refractivity contribution in [3.8, 4) is 0 Å². The van der Waals surface area contributed by atoms with Crippen LogP contribution in [0.3, 0.4) is 0 Å². The Labute approximate surface area is 97.2 Å². The molecule has 0 aromatic heterocycles. The lowest BCUT2D eigenvalue weighted by Crippen LogP contribution is -2.49. The minimum absolute atomic E-state index is 0.0656. The molecule has 0 aliphatic carbocycles. The molecular weight excluding hydrogens is 204 g/mol. The summed E-state index contributed by atoms with van der Waals surface area (Å²) in [6.07, 6.45) is 3.45. The molecule has 4 nitrogen and oxygen atoms in total. The van der Waals surface area contributed by atoms with Crippen molar-refractivity contribution >= 4 is 5.91 Å². The topological polar surface area (TPSA) is 64.4 Å². The van der Waals surface area contributed by atoms with E-state index in [-0.39, 0.29) is 5.91 Å². The summed E-state index contributed by atoms with van der Waals surface area (Å²) in [4.78, 5) is 12.1. The van der Waals surface area contributed by atoms with Gasteiger partial charge in [-0.15, -0.1) is 0 Å². The van der Waals surface area contributed by atoms with Crippen LogP contribution in [0.25, 0.3) is 0 Å². The first kappa shape index (κ1) is 13.2. The van der Waals surface area contributed by atoms with E-state index in [1.165, 1.54) is 5.57 Å². The lowest BCUT2D eigenvalue weighted by molar-refractivity contribution is -0.135. The molecule has 1 rings (SSSR count). The highest BCUT2D eigenvalue weighted by atomic mass is 16.5. The highest BCUT2D eigenvalue weighted by molar-refractivity contribution is 5.83. The maximum atomic E-state index is 12.1. The Morgan fingerprint density at radius 2 is 2.06 bits per heavy atom. The lowest BCUT2D eigenvalue weighted by atomic mass is 9.79. The smallest absolute Gasteiger partial charge is 0.227 e. The van der Waals surface area contributed by atoms with Gasteiger partial charge in [0.1, 0.15) is 0 Å². The van der Waals surface area contributed by atoms with Gasteiger partial charge < -0.3 is 15.8 Å². The van der Waals surface area contributed by atoms with Crippen LogP contribution in [0, 0.1) is 5.41 Å². The Hall–Kier alpha value is -0.870. The zero-order valence-electron chi connectivity index (χ0n) is 10.2. The average Bonchev–Trinajstić information content (AvgIpc) is 2.29. The molecule has 3 N–H and O–H groups in total. The van der Waals surface area contributed by atoms with Gasteiger partial charge in [0.05, 0.1) is 5.41 Å². The van der Waals surface area contributed by atoms with E-state index in [1.54, 1.807) is 0 Å². The third-order valence-electron chi connectivity index (χ3n) is 3.10. The molecule has 4 heteroatoms. The SMILES string of the molecule is CC(C)=CCNC(=O)C1(CN)CCOCC1. The maximum Gasteiger partial charge on any atom is 0.227 e. The molecular formula is C12H22N2O2. The molecule has 1 aliphatic rings. The summed E-state index contributed by atoms with van der Waals surface area (Å²) in [5.41, 5.74) is 6.53. The predicted octanol–water partition coefficient (Wildman–Crippen LogP) is 0.824. The number of carbonyl (C=O) groups is 1. The number of hydrogen-bond acceptors (Lipinski definition) is 3. The summed E-state index contributed by atoms with van der Waals surface area (Å²) in [7, 11) is 0. The molecule has 0 aromatic rings. The molecule has 0 spiro atoms. The zero-order chi connectivity index (χ0) is 12.0. The second-order valence-electron chi connectivity index (χ2n) is 4.59. The fourth-order valence-corrected chi connectivity index (χ4v) is 1.82. The number of ether oxygens (including phenoxy) is 1. The average molecular weight is 226 g/mol. The molecule has 0 aromatic carbocycles. The van der Waals surface area contributed by atoms with Crippen LogP contribution >= 0.6 is 0 Å². The van der Waals surface area contributed by atoms with E-state index in [0.717, 1.165) is 12.8 Å². The van der Waals surface area contributed by atoms with Crippen molar-refractivity contribution < 1.29 is 9.53 Å². The Bertz CT molecular complexity index is 264. The van der Waals surface area contributed by atoms with Crippen molar-refractivity contribution in [3.05, 3.63) is 11.6 Å². The first-order valence-electron chi connectivity index (χ1n) is 5.80. The molecule has 0 saturated carbocycles. The number of nitrogens with two attached hydrogens (primary N) is 1. The molecule has 0 unspecified atom stereocenters. The zero-order valence-corrected chi connectivity index (χ0v) is 10.2. The number of allylic oxidation sites excluding steroid dienone is 1. The molecule has 1 fully saturated rings. The summed E-state index contributed by atoms with van der Waals surface area (Å²) in [6, 6.07) is 0. The van der Waals surface area contributed by atoms with E-state index < -0.39 is 5.41 Å². The molecule has 0 radical (unpaired) electrons. The van der Waals surface area contributed by atoms with Crippen LogP contribution in [-0.2, 0) is 9.53 Å². The van der Waals surface area contributed by atoms with Crippen LogP contribution in [0.2, 0.25) is 0 Å². The summed E-state index contributed by atoms with van der Waals surface area (Å²) >= 11 is 0. The molecule has 1 heterocycles. The van der Waals surface area contributed by atoms with Crippen molar-refractivity contribution in [3.63, 3.8) is 0 Å².